The molecule has 0 saturated carbocycles. The van der Waals surface area contributed by atoms with Crippen LogP contribution in [0.25, 0.3) is 0 Å². The van der Waals surface area contributed by atoms with Crippen LogP contribution in [0.4, 0.5) is 0 Å². The molecule has 0 saturated heterocycles. The van der Waals surface area contributed by atoms with E-state index in [0.717, 1.165) is 18.5 Å². The van der Waals surface area contributed by atoms with Crippen LogP contribution in [0.3, 0.4) is 0 Å². The third kappa shape index (κ3) is 5.00. The lowest BCUT2D eigenvalue weighted by molar-refractivity contribution is 0.528. The smallest absolute Gasteiger partial charge is 0.185 e. The molecule has 0 bridgehead atoms. The molecule has 10 heavy (non-hydrogen) atoms. The van der Waals surface area contributed by atoms with Gasteiger partial charge in [0.05, 0.1) is 0 Å². The molecular weight excluding hydrogens is 140 g/mol. The Bertz CT molecular complexity index is 81.3. The Morgan fingerprint density at radius 3 is 2.10 bits per heavy atom. The predicted molar refractivity (Wildman–Crippen MR) is 48.6 cm³/mol. The first-order valence-corrected chi connectivity index (χ1v) is 7.21. The van der Waals surface area contributed by atoms with Crippen LogP contribution < -0.4 is 0 Å². The summed E-state index contributed by atoms with van der Waals surface area (Å²) in [5.41, 5.74) is 0. The van der Waals surface area contributed by atoms with Gasteiger partial charge >= 0.3 is 0 Å². The molecule has 0 rings (SSSR count). The number of unbranched alkanes of at least 4 members (excludes halogenated alkanes) is 1. The van der Waals surface area contributed by atoms with Gasteiger partial charge in [0.1, 0.15) is 0 Å². The standard InChI is InChI=1S/C8H20OSi/c1-4-6-8-10(3,9)7-5-2/h9H,4-8H2,1-3H3. The quantitative estimate of drug-likeness (QED) is 0.613. The van der Waals surface area contributed by atoms with Gasteiger partial charge in [0.15, 0.2) is 8.32 Å². The first-order chi connectivity index (χ1) is 4.62. The van der Waals surface area contributed by atoms with Crippen molar-refractivity contribution in [2.45, 2.75) is 51.7 Å². The van der Waals surface area contributed by atoms with Crippen molar-refractivity contribution >= 4 is 8.32 Å². The van der Waals surface area contributed by atoms with Crippen molar-refractivity contribution in [3.05, 3.63) is 0 Å². The molecule has 0 aromatic heterocycles. The highest BCUT2D eigenvalue weighted by Crippen LogP contribution is 2.16. The van der Waals surface area contributed by atoms with Crippen molar-refractivity contribution in [3.63, 3.8) is 0 Å². The third-order valence-corrected chi connectivity index (χ3v) is 4.87. The monoisotopic (exact) mass is 160 g/mol. The molecule has 1 unspecified atom stereocenters. The van der Waals surface area contributed by atoms with Gasteiger partial charge in [-0.2, -0.15) is 0 Å². The fourth-order valence-corrected chi connectivity index (χ4v) is 3.66. The molecule has 0 radical (unpaired) electrons. The Hall–Kier alpha value is 0.177. The molecular formula is C8H20OSi. The largest absolute Gasteiger partial charge is 0.432 e. The molecule has 2 heteroatoms. The summed E-state index contributed by atoms with van der Waals surface area (Å²) in [6.45, 7) is 6.40. The lowest BCUT2D eigenvalue weighted by Crippen LogP contribution is -2.28. The normalized spacial score (nSPS) is 16.8. The van der Waals surface area contributed by atoms with Gasteiger partial charge in [-0.15, -0.1) is 0 Å². The van der Waals surface area contributed by atoms with Crippen LogP contribution >= 0.6 is 0 Å². The van der Waals surface area contributed by atoms with Gasteiger partial charge in [-0.25, -0.2) is 0 Å². The van der Waals surface area contributed by atoms with Gasteiger partial charge in [-0.1, -0.05) is 33.1 Å². The maximum absolute atomic E-state index is 9.78. The minimum atomic E-state index is -1.72. The van der Waals surface area contributed by atoms with Gasteiger partial charge < -0.3 is 4.80 Å². The van der Waals surface area contributed by atoms with Crippen LogP contribution in [0, 0.1) is 0 Å². The van der Waals surface area contributed by atoms with E-state index in [1.807, 2.05) is 0 Å². The Balaban J connectivity index is 3.42. The van der Waals surface area contributed by atoms with Crippen LogP contribution in [-0.4, -0.2) is 13.1 Å². The molecule has 0 aromatic rings. The zero-order valence-electron chi connectivity index (χ0n) is 7.48. The van der Waals surface area contributed by atoms with Crippen LogP contribution in [-0.2, 0) is 0 Å². The lowest BCUT2D eigenvalue weighted by Gasteiger charge is -2.18. The van der Waals surface area contributed by atoms with E-state index in [2.05, 4.69) is 20.4 Å². The number of hydrogen-bond donors (Lipinski definition) is 1. The average molecular weight is 160 g/mol. The molecule has 0 heterocycles. The molecule has 62 valence electrons. The summed E-state index contributed by atoms with van der Waals surface area (Å²) in [7, 11) is -1.72. The molecule has 0 aliphatic rings. The van der Waals surface area contributed by atoms with Crippen molar-refractivity contribution in [2.24, 2.45) is 0 Å². The number of rotatable bonds is 5. The summed E-state index contributed by atoms with van der Waals surface area (Å²) >= 11 is 0. The van der Waals surface area contributed by atoms with E-state index < -0.39 is 8.32 Å². The Labute approximate surface area is 65.6 Å². The van der Waals surface area contributed by atoms with Gasteiger partial charge in [0, 0.05) is 0 Å². The van der Waals surface area contributed by atoms with E-state index in [0.29, 0.717) is 0 Å². The molecule has 0 aliphatic carbocycles. The van der Waals surface area contributed by atoms with Crippen molar-refractivity contribution in [2.75, 3.05) is 0 Å². The summed E-state index contributed by atoms with van der Waals surface area (Å²) in [4.78, 5) is 9.78. The maximum Gasteiger partial charge on any atom is 0.185 e. The zero-order chi connectivity index (χ0) is 8.04. The summed E-state index contributed by atoms with van der Waals surface area (Å²) in [5, 5.41) is 0. The van der Waals surface area contributed by atoms with Crippen LogP contribution in [0.15, 0.2) is 0 Å². The predicted octanol–water partition coefficient (Wildman–Crippen LogP) is 2.76. The molecule has 0 amide bonds. The summed E-state index contributed by atoms with van der Waals surface area (Å²) in [5.74, 6) is 0. The summed E-state index contributed by atoms with van der Waals surface area (Å²) in [6, 6.07) is 2.17. The van der Waals surface area contributed by atoms with Gasteiger partial charge in [0.25, 0.3) is 0 Å². The summed E-state index contributed by atoms with van der Waals surface area (Å²) < 4.78 is 0. The molecule has 0 aliphatic heterocycles. The van der Waals surface area contributed by atoms with Crippen molar-refractivity contribution in [1.82, 2.24) is 0 Å². The minimum Gasteiger partial charge on any atom is -0.432 e. The molecule has 1 atom stereocenters. The zero-order valence-corrected chi connectivity index (χ0v) is 8.48. The Morgan fingerprint density at radius 1 is 1.10 bits per heavy atom. The molecule has 0 aromatic carbocycles. The van der Waals surface area contributed by atoms with E-state index in [9.17, 15) is 4.80 Å². The number of hydrogen-bond acceptors (Lipinski definition) is 1. The topological polar surface area (TPSA) is 20.2 Å². The van der Waals surface area contributed by atoms with Crippen molar-refractivity contribution < 1.29 is 4.80 Å². The summed E-state index contributed by atoms with van der Waals surface area (Å²) in [6.07, 6.45) is 3.56. The van der Waals surface area contributed by atoms with Crippen LogP contribution in [0.5, 0.6) is 0 Å². The molecule has 0 spiro atoms. The first-order valence-electron chi connectivity index (χ1n) is 4.34. The molecule has 0 fully saturated rings. The van der Waals surface area contributed by atoms with E-state index in [1.165, 1.54) is 12.8 Å². The second kappa shape index (κ2) is 4.91. The second-order valence-corrected chi connectivity index (χ2v) is 7.34. The van der Waals surface area contributed by atoms with Crippen LogP contribution in [0.1, 0.15) is 33.1 Å². The highest BCUT2D eigenvalue weighted by Gasteiger charge is 2.21. The van der Waals surface area contributed by atoms with Gasteiger partial charge in [-0.3, -0.25) is 0 Å². The van der Waals surface area contributed by atoms with E-state index >= 15 is 0 Å². The van der Waals surface area contributed by atoms with Gasteiger partial charge in [0.2, 0.25) is 0 Å². The maximum atomic E-state index is 9.78. The third-order valence-electron chi connectivity index (χ3n) is 1.86. The minimum absolute atomic E-state index is 1.08. The SMILES string of the molecule is CCCC[Si](C)(O)CCC. The highest BCUT2D eigenvalue weighted by molar-refractivity contribution is 6.71. The molecule has 1 N–H and O–H groups in total. The van der Waals surface area contributed by atoms with Crippen LogP contribution in [0.2, 0.25) is 18.6 Å². The van der Waals surface area contributed by atoms with E-state index in [4.69, 9.17) is 0 Å². The average Bonchev–Trinajstić information content (AvgIpc) is 1.84. The van der Waals surface area contributed by atoms with E-state index in [-0.39, 0.29) is 0 Å². The van der Waals surface area contributed by atoms with Gasteiger partial charge in [-0.05, 0) is 18.6 Å². The second-order valence-electron chi connectivity index (χ2n) is 3.35. The highest BCUT2D eigenvalue weighted by atomic mass is 28.4. The fourth-order valence-electron chi connectivity index (χ4n) is 1.22. The lowest BCUT2D eigenvalue weighted by atomic mass is 10.4. The first kappa shape index (κ1) is 10.2. The van der Waals surface area contributed by atoms with Crippen molar-refractivity contribution in [1.29, 1.82) is 0 Å². The Morgan fingerprint density at radius 2 is 1.70 bits per heavy atom. The van der Waals surface area contributed by atoms with E-state index in [1.54, 1.807) is 0 Å². The fraction of sp³-hybridized carbons (Fsp3) is 1.00. The molecule has 1 nitrogen and oxygen atoms in total. The Kier molecular flexibility index (Phi) is 5.00. The van der Waals surface area contributed by atoms with Crippen molar-refractivity contribution in [3.8, 4) is 0 Å².